The van der Waals surface area contributed by atoms with Crippen LogP contribution in [0.3, 0.4) is 0 Å². The number of piperidine rings is 1. The molecule has 0 radical (unpaired) electrons. The maximum Gasteiger partial charge on any atom is 0.246 e. The average molecular weight is 453 g/mol. The third-order valence-electron chi connectivity index (χ3n) is 6.59. The third kappa shape index (κ3) is 5.60. The Kier molecular flexibility index (Phi) is 6.99. The van der Waals surface area contributed by atoms with E-state index in [1.165, 1.54) is 21.9 Å². The zero-order valence-corrected chi connectivity index (χ0v) is 19.6. The molecule has 2 fully saturated rings. The number of likely N-dealkylation sites (tertiary alicyclic amines) is 1. The van der Waals surface area contributed by atoms with Gasteiger partial charge in [0.05, 0.1) is 11.4 Å². The van der Waals surface area contributed by atoms with Crippen molar-refractivity contribution in [1.29, 1.82) is 0 Å². The molecule has 2 aliphatic rings. The van der Waals surface area contributed by atoms with Crippen LogP contribution in [0.2, 0.25) is 0 Å². The fraction of sp³-hybridized carbons (Fsp3) is 0.423. The highest BCUT2D eigenvalue weighted by molar-refractivity contribution is 7.93. The molecule has 0 aliphatic carbocycles. The molecule has 0 unspecified atom stereocenters. The van der Waals surface area contributed by atoms with Gasteiger partial charge in [0, 0.05) is 25.7 Å². The van der Waals surface area contributed by atoms with Crippen LogP contribution >= 0.6 is 0 Å². The number of carbonyl (C=O) groups is 1. The highest BCUT2D eigenvalue weighted by Gasteiger charge is 2.28. The minimum absolute atomic E-state index is 0.0492. The Morgan fingerprint density at radius 2 is 1.69 bits per heavy atom. The van der Waals surface area contributed by atoms with E-state index in [1.807, 2.05) is 35.2 Å². The van der Waals surface area contributed by atoms with Gasteiger partial charge in [-0.3, -0.25) is 9.10 Å². The molecule has 5 nitrogen and oxygen atoms in total. The number of hydrogen-bond acceptors (Lipinski definition) is 3. The van der Waals surface area contributed by atoms with Crippen LogP contribution in [0.1, 0.15) is 42.4 Å². The summed E-state index contributed by atoms with van der Waals surface area (Å²) in [5, 5.41) is 0. The molecule has 170 valence electrons. The molecule has 0 atom stereocenters. The first kappa shape index (κ1) is 22.6. The summed E-state index contributed by atoms with van der Waals surface area (Å²) in [4.78, 5) is 14.5. The van der Waals surface area contributed by atoms with Crippen LogP contribution in [-0.2, 0) is 21.2 Å². The summed E-state index contributed by atoms with van der Waals surface area (Å²) in [6, 6.07) is 16.1. The van der Waals surface area contributed by atoms with Gasteiger partial charge in [0.2, 0.25) is 15.9 Å². The van der Waals surface area contributed by atoms with Crippen molar-refractivity contribution in [1.82, 2.24) is 4.90 Å². The highest BCUT2D eigenvalue weighted by atomic mass is 32.2. The lowest BCUT2D eigenvalue weighted by atomic mass is 9.90. The zero-order chi connectivity index (χ0) is 22.6. The second-order valence-electron chi connectivity index (χ2n) is 8.96. The number of rotatable bonds is 6. The lowest BCUT2D eigenvalue weighted by molar-refractivity contribution is -0.127. The Morgan fingerprint density at radius 1 is 1.00 bits per heavy atom. The molecule has 2 aromatic carbocycles. The van der Waals surface area contributed by atoms with E-state index in [-0.39, 0.29) is 11.7 Å². The fourth-order valence-corrected chi connectivity index (χ4v) is 6.09. The average Bonchev–Trinajstić information content (AvgIpc) is 3.16. The van der Waals surface area contributed by atoms with E-state index >= 15 is 0 Å². The largest absolute Gasteiger partial charge is 0.339 e. The van der Waals surface area contributed by atoms with E-state index in [0.717, 1.165) is 37.9 Å². The quantitative estimate of drug-likeness (QED) is 0.610. The van der Waals surface area contributed by atoms with Gasteiger partial charge in [-0.15, -0.1) is 0 Å². The molecule has 2 aliphatic heterocycles. The third-order valence-corrected chi connectivity index (χ3v) is 8.46. The molecule has 0 spiro atoms. The van der Waals surface area contributed by atoms with Gasteiger partial charge in [-0.1, -0.05) is 42.0 Å². The molecule has 0 aromatic heterocycles. The van der Waals surface area contributed by atoms with Crippen LogP contribution in [0.15, 0.2) is 54.6 Å². The molecule has 0 saturated carbocycles. The SMILES string of the molecule is Cc1ccc(CCC2CCN(C(=O)/C=C/c3ccc(N4CCCS4(=O)=O)cc3)CC2)cc1. The summed E-state index contributed by atoms with van der Waals surface area (Å²) < 4.78 is 25.6. The van der Waals surface area contributed by atoms with Crippen LogP contribution in [0.25, 0.3) is 6.08 Å². The smallest absolute Gasteiger partial charge is 0.246 e. The Bertz CT molecular complexity index is 1050. The number of hydrogen-bond donors (Lipinski definition) is 0. The molecule has 32 heavy (non-hydrogen) atoms. The Balaban J connectivity index is 1.24. The highest BCUT2D eigenvalue weighted by Crippen LogP contribution is 2.25. The maximum atomic E-state index is 12.6. The summed E-state index contributed by atoms with van der Waals surface area (Å²) in [6.45, 7) is 4.28. The summed E-state index contributed by atoms with van der Waals surface area (Å²) >= 11 is 0. The first-order chi connectivity index (χ1) is 15.4. The molecule has 0 bridgehead atoms. The molecule has 0 N–H and O–H groups in total. The second kappa shape index (κ2) is 9.90. The van der Waals surface area contributed by atoms with Crippen molar-refractivity contribution in [3.8, 4) is 0 Å². The molecule has 2 heterocycles. The Hall–Kier alpha value is -2.60. The molecule has 6 heteroatoms. The predicted molar refractivity (Wildman–Crippen MR) is 130 cm³/mol. The first-order valence-corrected chi connectivity index (χ1v) is 13.1. The van der Waals surface area contributed by atoms with Gasteiger partial charge >= 0.3 is 0 Å². The lowest BCUT2D eigenvalue weighted by Gasteiger charge is -2.31. The standard InChI is InChI=1S/C26H32N2O3S/c1-21-3-5-22(6-4-21)7-8-24-15-18-27(19-16-24)26(29)14-11-23-9-12-25(13-10-23)28-17-2-20-32(28,30)31/h3-6,9-14,24H,2,7-8,15-20H2,1H3/b14-11+. The fourth-order valence-electron chi connectivity index (χ4n) is 4.52. The normalized spacial score (nSPS) is 19.0. The number of aryl methyl sites for hydroxylation is 2. The number of benzene rings is 2. The number of anilines is 1. The number of nitrogens with zero attached hydrogens (tertiary/aromatic N) is 2. The van der Waals surface area contributed by atoms with E-state index in [4.69, 9.17) is 0 Å². The Morgan fingerprint density at radius 3 is 2.31 bits per heavy atom. The monoisotopic (exact) mass is 452 g/mol. The molecule has 2 saturated heterocycles. The first-order valence-electron chi connectivity index (χ1n) is 11.5. The van der Waals surface area contributed by atoms with Gasteiger partial charge in [-0.2, -0.15) is 0 Å². The number of carbonyl (C=O) groups excluding carboxylic acids is 1. The van der Waals surface area contributed by atoms with Crippen LogP contribution in [0.5, 0.6) is 0 Å². The molecule has 4 rings (SSSR count). The minimum Gasteiger partial charge on any atom is -0.339 e. The van der Waals surface area contributed by atoms with Crippen LogP contribution < -0.4 is 4.31 Å². The second-order valence-corrected chi connectivity index (χ2v) is 11.0. The van der Waals surface area contributed by atoms with Gasteiger partial charge in [0.1, 0.15) is 0 Å². The van der Waals surface area contributed by atoms with E-state index in [2.05, 4.69) is 31.2 Å². The van der Waals surface area contributed by atoms with Crippen LogP contribution in [-0.4, -0.2) is 44.6 Å². The topological polar surface area (TPSA) is 57.7 Å². The maximum absolute atomic E-state index is 12.6. The summed E-state index contributed by atoms with van der Waals surface area (Å²) in [7, 11) is -3.17. The van der Waals surface area contributed by atoms with Crippen LogP contribution in [0, 0.1) is 12.8 Å². The molecular weight excluding hydrogens is 420 g/mol. The van der Waals surface area contributed by atoms with Gasteiger partial charge in [-0.25, -0.2) is 8.42 Å². The summed E-state index contributed by atoms with van der Waals surface area (Å²) in [5.41, 5.74) is 4.28. The van der Waals surface area contributed by atoms with Crippen LogP contribution in [0.4, 0.5) is 5.69 Å². The van der Waals surface area contributed by atoms with Gasteiger partial charge in [0.25, 0.3) is 0 Å². The minimum atomic E-state index is -3.17. The predicted octanol–water partition coefficient (Wildman–Crippen LogP) is 4.42. The Labute approximate surface area is 191 Å². The van der Waals surface area contributed by atoms with Crippen molar-refractivity contribution >= 4 is 27.7 Å². The van der Waals surface area contributed by atoms with E-state index in [9.17, 15) is 13.2 Å². The van der Waals surface area contributed by atoms with E-state index < -0.39 is 10.0 Å². The molecule has 1 amide bonds. The van der Waals surface area contributed by atoms with Crippen molar-refractivity contribution in [3.05, 3.63) is 71.3 Å². The summed E-state index contributed by atoms with van der Waals surface area (Å²) in [5.74, 6) is 0.943. The van der Waals surface area contributed by atoms with Gasteiger partial charge < -0.3 is 4.90 Å². The van der Waals surface area contributed by atoms with E-state index in [1.54, 1.807) is 6.08 Å². The number of sulfonamides is 1. The summed E-state index contributed by atoms with van der Waals surface area (Å²) in [6.07, 6.45) is 8.52. The van der Waals surface area contributed by atoms with Crippen molar-refractivity contribution in [2.75, 3.05) is 29.7 Å². The molecule has 2 aromatic rings. The van der Waals surface area contributed by atoms with Crippen molar-refractivity contribution in [2.24, 2.45) is 5.92 Å². The van der Waals surface area contributed by atoms with Crippen molar-refractivity contribution in [2.45, 2.75) is 39.0 Å². The zero-order valence-electron chi connectivity index (χ0n) is 18.7. The lowest BCUT2D eigenvalue weighted by Crippen LogP contribution is -2.37. The van der Waals surface area contributed by atoms with Gasteiger partial charge in [0.15, 0.2) is 0 Å². The van der Waals surface area contributed by atoms with Crippen molar-refractivity contribution < 1.29 is 13.2 Å². The molecular formula is C26H32N2O3S. The van der Waals surface area contributed by atoms with E-state index in [0.29, 0.717) is 24.6 Å². The van der Waals surface area contributed by atoms with Gasteiger partial charge in [-0.05, 0) is 74.3 Å². The van der Waals surface area contributed by atoms with Crippen molar-refractivity contribution in [3.63, 3.8) is 0 Å². The number of amides is 1.